The molecule has 1 rings (SSSR count). The van der Waals surface area contributed by atoms with E-state index < -0.39 is 16.6 Å². The molecule has 72 valence electrons. The minimum absolute atomic E-state index is 0.533. The molecule has 1 aliphatic heterocycles. The fourth-order valence-electron chi connectivity index (χ4n) is 1.35. The van der Waals surface area contributed by atoms with E-state index in [1.54, 1.807) is 0 Å². The van der Waals surface area contributed by atoms with Gasteiger partial charge < -0.3 is 5.11 Å². The van der Waals surface area contributed by atoms with Crippen LogP contribution in [0.2, 0.25) is 0 Å². The van der Waals surface area contributed by atoms with Gasteiger partial charge in [-0.1, -0.05) is 6.92 Å². The molecule has 4 heteroatoms. The quantitative estimate of drug-likeness (QED) is 0.691. The van der Waals surface area contributed by atoms with Crippen molar-refractivity contribution >= 4 is 11.0 Å². The highest BCUT2D eigenvalue weighted by atomic mass is 32.2. The van der Waals surface area contributed by atoms with Gasteiger partial charge in [0.25, 0.3) is 0 Å². The highest BCUT2D eigenvalue weighted by Crippen LogP contribution is 2.21. The van der Waals surface area contributed by atoms with Crippen molar-refractivity contribution in [3.63, 3.8) is 0 Å². The average Bonchev–Trinajstić information content (AvgIpc) is 2.03. The Bertz CT molecular complexity index is 172. The first-order valence-corrected chi connectivity index (χ1v) is 5.68. The molecule has 0 aliphatic carbocycles. The van der Waals surface area contributed by atoms with E-state index in [1.165, 1.54) is 0 Å². The van der Waals surface area contributed by atoms with E-state index in [2.05, 4.69) is 0 Å². The minimum Gasteiger partial charge on any atom is -0.390 e. The molecule has 1 aliphatic rings. The van der Waals surface area contributed by atoms with Crippen LogP contribution in [0.25, 0.3) is 0 Å². The standard InChI is InChI=1S/C8H17NO2S/c1-3-12(11)9-6-4-8(2,10)5-7-9/h10H,3-7H2,1-2H3. The number of hydrogen-bond donors (Lipinski definition) is 1. The predicted molar refractivity (Wildman–Crippen MR) is 50.1 cm³/mol. The summed E-state index contributed by atoms with van der Waals surface area (Å²) in [5, 5.41) is 9.62. The summed E-state index contributed by atoms with van der Waals surface area (Å²) in [7, 11) is -0.824. The molecule has 1 atom stereocenters. The largest absolute Gasteiger partial charge is 0.390 e. The molecule has 0 aromatic rings. The van der Waals surface area contributed by atoms with Gasteiger partial charge in [0.05, 0.1) is 16.6 Å². The smallest absolute Gasteiger partial charge is 0.0939 e. The third-order valence-electron chi connectivity index (χ3n) is 2.33. The van der Waals surface area contributed by atoms with Crippen LogP contribution in [0.15, 0.2) is 0 Å². The lowest BCUT2D eigenvalue weighted by molar-refractivity contribution is 0.0135. The summed E-state index contributed by atoms with van der Waals surface area (Å²) >= 11 is 0. The van der Waals surface area contributed by atoms with Crippen molar-refractivity contribution in [3.8, 4) is 0 Å². The molecule has 0 saturated carbocycles. The monoisotopic (exact) mass is 191 g/mol. The second-order valence-electron chi connectivity index (χ2n) is 3.54. The van der Waals surface area contributed by atoms with E-state index in [0.29, 0.717) is 5.75 Å². The molecular weight excluding hydrogens is 174 g/mol. The van der Waals surface area contributed by atoms with Gasteiger partial charge >= 0.3 is 0 Å². The number of piperidine rings is 1. The zero-order valence-electron chi connectivity index (χ0n) is 7.75. The van der Waals surface area contributed by atoms with Crippen LogP contribution in [-0.2, 0) is 11.0 Å². The SMILES string of the molecule is CCS(=O)N1CCC(C)(O)CC1. The van der Waals surface area contributed by atoms with Gasteiger partial charge in [0, 0.05) is 18.8 Å². The Morgan fingerprint density at radius 1 is 1.50 bits per heavy atom. The average molecular weight is 191 g/mol. The third-order valence-corrected chi connectivity index (χ3v) is 3.77. The first kappa shape index (κ1) is 10.2. The number of hydrogen-bond acceptors (Lipinski definition) is 2. The van der Waals surface area contributed by atoms with Gasteiger partial charge in [-0.05, 0) is 19.8 Å². The maximum atomic E-state index is 11.3. The van der Waals surface area contributed by atoms with Crippen LogP contribution in [0, 0.1) is 0 Å². The molecule has 0 bridgehead atoms. The van der Waals surface area contributed by atoms with Crippen molar-refractivity contribution < 1.29 is 9.32 Å². The Labute approximate surface area is 76.4 Å². The topological polar surface area (TPSA) is 40.5 Å². The molecule has 3 nitrogen and oxygen atoms in total. The maximum absolute atomic E-state index is 11.3. The van der Waals surface area contributed by atoms with Gasteiger partial charge in [-0.3, -0.25) is 0 Å². The molecular formula is C8H17NO2S. The Morgan fingerprint density at radius 2 is 2.00 bits per heavy atom. The number of nitrogens with zero attached hydrogens (tertiary/aromatic N) is 1. The zero-order chi connectivity index (χ0) is 9.19. The summed E-state index contributed by atoms with van der Waals surface area (Å²) in [6.45, 7) is 5.28. The fraction of sp³-hybridized carbons (Fsp3) is 1.00. The van der Waals surface area contributed by atoms with E-state index in [1.807, 2.05) is 18.2 Å². The van der Waals surface area contributed by atoms with Crippen molar-refractivity contribution in [1.29, 1.82) is 0 Å². The Balaban J connectivity index is 2.41. The minimum atomic E-state index is -0.824. The molecule has 1 heterocycles. The molecule has 0 aromatic carbocycles. The summed E-state index contributed by atoms with van der Waals surface area (Å²) in [4.78, 5) is 0. The van der Waals surface area contributed by atoms with Gasteiger partial charge in [0.2, 0.25) is 0 Å². The van der Waals surface area contributed by atoms with Crippen LogP contribution in [-0.4, -0.2) is 38.1 Å². The van der Waals surface area contributed by atoms with E-state index in [-0.39, 0.29) is 0 Å². The van der Waals surface area contributed by atoms with Gasteiger partial charge in [-0.25, -0.2) is 8.51 Å². The molecule has 1 unspecified atom stereocenters. The lowest BCUT2D eigenvalue weighted by Gasteiger charge is -2.34. The highest BCUT2D eigenvalue weighted by Gasteiger charge is 2.28. The Kier molecular flexibility index (Phi) is 3.26. The normalized spacial score (nSPS) is 26.9. The van der Waals surface area contributed by atoms with Gasteiger partial charge in [0.15, 0.2) is 0 Å². The van der Waals surface area contributed by atoms with Crippen LogP contribution in [0.1, 0.15) is 26.7 Å². The van der Waals surface area contributed by atoms with Crippen LogP contribution >= 0.6 is 0 Å². The van der Waals surface area contributed by atoms with Crippen LogP contribution < -0.4 is 0 Å². The molecule has 0 spiro atoms. The first-order valence-electron chi connectivity index (χ1n) is 4.41. The van der Waals surface area contributed by atoms with Crippen molar-refractivity contribution in [1.82, 2.24) is 4.31 Å². The number of rotatable bonds is 2. The summed E-state index contributed by atoms with van der Waals surface area (Å²) in [6, 6.07) is 0. The van der Waals surface area contributed by atoms with Gasteiger partial charge in [-0.2, -0.15) is 0 Å². The number of aliphatic hydroxyl groups is 1. The summed E-state index contributed by atoms with van der Waals surface area (Å²) in [6.07, 6.45) is 1.47. The maximum Gasteiger partial charge on any atom is 0.0939 e. The summed E-state index contributed by atoms with van der Waals surface area (Å²) in [5.74, 6) is 0.683. The summed E-state index contributed by atoms with van der Waals surface area (Å²) in [5.41, 5.74) is -0.533. The molecule has 12 heavy (non-hydrogen) atoms. The molecule has 1 N–H and O–H groups in total. The van der Waals surface area contributed by atoms with Gasteiger partial charge in [-0.15, -0.1) is 0 Å². The molecule has 1 fully saturated rings. The summed E-state index contributed by atoms with van der Waals surface area (Å²) < 4.78 is 13.3. The van der Waals surface area contributed by atoms with E-state index >= 15 is 0 Å². The molecule has 0 aromatic heterocycles. The molecule has 0 radical (unpaired) electrons. The molecule has 0 amide bonds. The first-order chi connectivity index (χ1) is 5.55. The predicted octanol–water partition coefficient (Wildman–Crippen LogP) is 0.517. The highest BCUT2D eigenvalue weighted by molar-refractivity contribution is 7.82. The Morgan fingerprint density at radius 3 is 2.42 bits per heavy atom. The molecule has 1 saturated heterocycles. The van der Waals surface area contributed by atoms with E-state index in [0.717, 1.165) is 25.9 Å². The van der Waals surface area contributed by atoms with Crippen LogP contribution in [0.5, 0.6) is 0 Å². The van der Waals surface area contributed by atoms with Crippen molar-refractivity contribution in [3.05, 3.63) is 0 Å². The van der Waals surface area contributed by atoms with Crippen molar-refractivity contribution in [2.45, 2.75) is 32.3 Å². The van der Waals surface area contributed by atoms with Crippen LogP contribution in [0.3, 0.4) is 0 Å². The van der Waals surface area contributed by atoms with E-state index in [9.17, 15) is 9.32 Å². The second kappa shape index (κ2) is 3.85. The third kappa shape index (κ3) is 2.54. The van der Waals surface area contributed by atoms with Crippen molar-refractivity contribution in [2.75, 3.05) is 18.8 Å². The van der Waals surface area contributed by atoms with Gasteiger partial charge in [0.1, 0.15) is 0 Å². The Hall–Kier alpha value is 0.0700. The fourth-order valence-corrected chi connectivity index (χ4v) is 2.31. The van der Waals surface area contributed by atoms with Crippen molar-refractivity contribution in [2.24, 2.45) is 0 Å². The zero-order valence-corrected chi connectivity index (χ0v) is 8.56. The lowest BCUT2D eigenvalue weighted by atomic mass is 9.95. The second-order valence-corrected chi connectivity index (χ2v) is 5.27. The lowest BCUT2D eigenvalue weighted by Crippen LogP contribution is -2.43. The van der Waals surface area contributed by atoms with Crippen LogP contribution in [0.4, 0.5) is 0 Å². The van der Waals surface area contributed by atoms with E-state index in [4.69, 9.17) is 0 Å².